The van der Waals surface area contributed by atoms with E-state index in [9.17, 15) is 4.39 Å². The molecule has 0 amide bonds. The van der Waals surface area contributed by atoms with Crippen LogP contribution >= 0.6 is 0 Å². The van der Waals surface area contributed by atoms with Gasteiger partial charge in [0.15, 0.2) is 0 Å². The molecular weight excluding hydrogens is 255 g/mol. The summed E-state index contributed by atoms with van der Waals surface area (Å²) in [4.78, 5) is 0. The predicted molar refractivity (Wildman–Crippen MR) is 76.4 cm³/mol. The lowest BCUT2D eigenvalue weighted by Crippen LogP contribution is -2.30. The van der Waals surface area contributed by atoms with E-state index in [1.807, 2.05) is 26.8 Å². The maximum Gasteiger partial charge on any atom is 0.123 e. The fraction of sp³-hybridized carbons (Fsp3) is 0.333. The molecule has 2 aromatic rings. The molecule has 1 aromatic heterocycles. The van der Waals surface area contributed by atoms with Crippen molar-refractivity contribution in [3.8, 4) is 0 Å². The van der Waals surface area contributed by atoms with Crippen LogP contribution in [0.25, 0.3) is 0 Å². The third-order valence-corrected chi connectivity index (χ3v) is 3.45. The monoisotopic (exact) mass is 274 g/mol. The molecule has 2 rings (SSSR count). The highest BCUT2D eigenvalue weighted by Gasteiger charge is 2.16. The molecule has 106 valence electrons. The van der Waals surface area contributed by atoms with Gasteiger partial charge in [-0.1, -0.05) is 6.07 Å². The van der Waals surface area contributed by atoms with Crippen LogP contribution in [-0.4, -0.2) is 10.2 Å². The van der Waals surface area contributed by atoms with Gasteiger partial charge in [0.2, 0.25) is 0 Å². The van der Waals surface area contributed by atoms with Gasteiger partial charge in [0.1, 0.15) is 5.82 Å². The van der Waals surface area contributed by atoms with Gasteiger partial charge in [-0.15, -0.1) is 0 Å². The zero-order chi connectivity index (χ0) is 14.7. The molecule has 1 atom stereocenters. The molecule has 1 heterocycles. The van der Waals surface area contributed by atoms with Crippen LogP contribution in [0, 0.1) is 26.6 Å². The number of hydrogen-bond donors (Lipinski definition) is 2. The SMILES string of the molecule is Cc1cc(C(Cc2ccc(F)cc2C)NN)c(C)nn1. The Labute approximate surface area is 118 Å². The molecular formula is C15H19FN4. The minimum atomic E-state index is -0.221. The molecule has 0 fully saturated rings. The van der Waals surface area contributed by atoms with E-state index < -0.39 is 0 Å². The highest BCUT2D eigenvalue weighted by Crippen LogP contribution is 2.22. The molecule has 1 aromatic carbocycles. The number of benzene rings is 1. The van der Waals surface area contributed by atoms with E-state index >= 15 is 0 Å². The average molecular weight is 274 g/mol. The Bertz CT molecular complexity index is 613. The molecule has 3 N–H and O–H groups in total. The number of nitrogens with zero attached hydrogens (tertiary/aromatic N) is 2. The highest BCUT2D eigenvalue weighted by molar-refractivity contribution is 5.31. The third-order valence-electron chi connectivity index (χ3n) is 3.45. The van der Waals surface area contributed by atoms with Gasteiger partial charge in [-0.2, -0.15) is 10.2 Å². The summed E-state index contributed by atoms with van der Waals surface area (Å²) in [5, 5.41) is 8.14. The van der Waals surface area contributed by atoms with E-state index in [2.05, 4.69) is 15.6 Å². The largest absolute Gasteiger partial charge is 0.271 e. The van der Waals surface area contributed by atoms with Crippen LogP contribution in [-0.2, 0) is 6.42 Å². The van der Waals surface area contributed by atoms with Crippen molar-refractivity contribution in [3.05, 3.63) is 58.2 Å². The number of nitrogens with one attached hydrogen (secondary N) is 1. The Morgan fingerprint density at radius 1 is 1.20 bits per heavy atom. The van der Waals surface area contributed by atoms with Gasteiger partial charge in [0.25, 0.3) is 0 Å². The van der Waals surface area contributed by atoms with Crippen LogP contribution in [0.3, 0.4) is 0 Å². The fourth-order valence-electron chi connectivity index (χ4n) is 2.29. The maximum absolute atomic E-state index is 13.1. The minimum Gasteiger partial charge on any atom is -0.271 e. The van der Waals surface area contributed by atoms with Gasteiger partial charge in [-0.05, 0) is 62.1 Å². The van der Waals surface area contributed by atoms with Crippen molar-refractivity contribution in [3.63, 3.8) is 0 Å². The summed E-state index contributed by atoms with van der Waals surface area (Å²) in [5.41, 5.74) is 7.50. The summed E-state index contributed by atoms with van der Waals surface area (Å²) in [6, 6.07) is 6.70. The number of rotatable bonds is 4. The van der Waals surface area contributed by atoms with Crippen LogP contribution in [0.4, 0.5) is 4.39 Å². The van der Waals surface area contributed by atoms with E-state index in [-0.39, 0.29) is 11.9 Å². The molecule has 0 aliphatic carbocycles. The highest BCUT2D eigenvalue weighted by atomic mass is 19.1. The third kappa shape index (κ3) is 3.18. The molecule has 4 nitrogen and oxygen atoms in total. The molecule has 0 aliphatic rings. The zero-order valence-corrected chi connectivity index (χ0v) is 11.9. The predicted octanol–water partition coefficient (Wildman–Crippen LogP) is 2.29. The molecule has 0 saturated carbocycles. The summed E-state index contributed by atoms with van der Waals surface area (Å²) in [5.74, 6) is 5.46. The van der Waals surface area contributed by atoms with Crippen LogP contribution in [0.2, 0.25) is 0 Å². The lowest BCUT2D eigenvalue weighted by atomic mass is 9.95. The summed E-state index contributed by atoms with van der Waals surface area (Å²) in [6.07, 6.45) is 0.675. The minimum absolute atomic E-state index is 0.0756. The first-order chi connectivity index (χ1) is 9.51. The quantitative estimate of drug-likeness (QED) is 0.663. The van der Waals surface area contributed by atoms with Gasteiger partial charge in [0.05, 0.1) is 17.4 Å². The van der Waals surface area contributed by atoms with Crippen molar-refractivity contribution in [2.45, 2.75) is 33.2 Å². The van der Waals surface area contributed by atoms with Gasteiger partial charge in [-0.25, -0.2) is 4.39 Å². The van der Waals surface area contributed by atoms with Crippen molar-refractivity contribution in [2.75, 3.05) is 0 Å². The molecule has 0 spiro atoms. The Hall–Kier alpha value is -1.85. The number of hydrazine groups is 1. The maximum atomic E-state index is 13.1. The molecule has 0 aliphatic heterocycles. The van der Waals surface area contributed by atoms with Crippen LogP contribution in [0.1, 0.15) is 34.1 Å². The molecule has 1 unspecified atom stereocenters. The summed E-state index contributed by atoms with van der Waals surface area (Å²) < 4.78 is 13.1. The van der Waals surface area contributed by atoms with E-state index in [1.54, 1.807) is 6.07 Å². The van der Waals surface area contributed by atoms with Crippen molar-refractivity contribution in [2.24, 2.45) is 5.84 Å². The van der Waals surface area contributed by atoms with E-state index in [1.165, 1.54) is 12.1 Å². The number of halogens is 1. The molecule has 0 saturated heterocycles. The van der Waals surface area contributed by atoms with Gasteiger partial charge < -0.3 is 0 Å². The fourth-order valence-corrected chi connectivity index (χ4v) is 2.29. The normalized spacial score (nSPS) is 12.4. The first-order valence-electron chi connectivity index (χ1n) is 6.53. The zero-order valence-electron chi connectivity index (χ0n) is 11.9. The Balaban J connectivity index is 2.31. The van der Waals surface area contributed by atoms with E-state index in [0.717, 1.165) is 28.1 Å². The summed E-state index contributed by atoms with van der Waals surface area (Å²) in [7, 11) is 0. The number of aryl methyl sites for hydroxylation is 3. The van der Waals surface area contributed by atoms with Gasteiger partial charge in [0, 0.05) is 0 Å². The molecule has 5 heteroatoms. The van der Waals surface area contributed by atoms with Gasteiger partial charge in [-0.3, -0.25) is 11.3 Å². The lowest BCUT2D eigenvalue weighted by Gasteiger charge is -2.19. The standard InChI is InChI=1S/C15H19FN4/c1-9-6-13(16)5-4-12(9)8-15(18-17)14-7-10(2)19-20-11(14)3/h4-7,15,18H,8,17H2,1-3H3. The summed E-state index contributed by atoms with van der Waals surface area (Å²) >= 11 is 0. The van der Waals surface area contributed by atoms with E-state index in [4.69, 9.17) is 5.84 Å². The Kier molecular flexibility index (Phi) is 4.42. The van der Waals surface area contributed by atoms with Crippen molar-refractivity contribution in [1.29, 1.82) is 0 Å². The molecule has 20 heavy (non-hydrogen) atoms. The molecule has 0 radical (unpaired) electrons. The first-order valence-corrected chi connectivity index (χ1v) is 6.53. The second-order valence-electron chi connectivity index (χ2n) is 5.02. The van der Waals surface area contributed by atoms with Crippen LogP contribution in [0.5, 0.6) is 0 Å². The smallest absolute Gasteiger partial charge is 0.123 e. The van der Waals surface area contributed by atoms with Crippen molar-refractivity contribution >= 4 is 0 Å². The van der Waals surface area contributed by atoms with Crippen molar-refractivity contribution < 1.29 is 4.39 Å². The Morgan fingerprint density at radius 2 is 1.95 bits per heavy atom. The first kappa shape index (κ1) is 14.6. The van der Waals surface area contributed by atoms with E-state index in [0.29, 0.717) is 6.42 Å². The Morgan fingerprint density at radius 3 is 2.60 bits per heavy atom. The van der Waals surface area contributed by atoms with Gasteiger partial charge >= 0.3 is 0 Å². The number of nitrogens with two attached hydrogens (primary N) is 1. The molecule has 0 bridgehead atoms. The van der Waals surface area contributed by atoms with Crippen molar-refractivity contribution in [1.82, 2.24) is 15.6 Å². The summed E-state index contributed by atoms with van der Waals surface area (Å²) in [6.45, 7) is 5.70. The lowest BCUT2D eigenvalue weighted by molar-refractivity contribution is 0.542. The average Bonchev–Trinajstić information content (AvgIpc) is 2.41. The number of hydrogen-bond acceptors (Lipinski definition) is 4. The second-order valence-corrected chi connectivity index (χ2v) is 5.02. The number of aromatic nitrogens is 2. The second kappa shape index (κ2) is 6.07. The van der Waals surface area contributed by atoms with Crippen LogP contribution in [0.15, 0.2) is 24.3 Å². The topological polar surface area (TPSA) is 63.8 Å². The van der Waals surface area contributed by atoms with Crippen LogP contribution < -0.4 is 11.3 Å².